The third-order valence-corrected chi connectivity index (χ3v) is 4.18. The monoisotopic (exact) mass is 341 g/mol. The summed E-state index contributed by atoms with van der Waals surface area (Å²) >= 11 is 13.5. The Labute approximate surface area is 137 Å². The molecule has 0 spiro atoms. The molecule has 3 nitrogen and oxygen atoms in total. The molecule has 0 bridgehead atoms. The van der Waals surface area contributed by atoms with Gasteiger partial charge in [-0.05, 0) is 42.0 Å². The summed E-state index contributed by atoms with van der Waals surface area (Å²) in [5.41, 5.74) is 6.03. The van der Waals surface area contributed by atoms with E-state index < -0.39 is 0 Å². The number of ether oxygens (including phenoxy) is 1. The average Bonchev–Trinajstić information content (AvgIpc) is 2.43. The molecule has 1 amide bonds. The molecule has 0 radical (unpaired) electrons. The van der Waals surface area contributed by atoms with Gasteiger partial charge in [0.2, 0.25) is 5.91 Å². The molecule has 0 saturated carbocycles. The summed E-state index contributed by atoms with van der Waals surface area (Å²) < 4.78 is 5.69. The van der Waals surface area contributed by atoms with Crippen LogP contribution in [0.25, 0.3) is 0 Å². The van der Waals surface area contributed by atoms with E-state index in [-0.39, 0.29) is 11.7 Å². The molecular formula is C15H13Cl2NO2S. The van der Waals surface area contributed by atoms with Crippen LogP contribution in [0, 0.1) is 0 Å². The Bertz CT molecular complexity index is 632. The maximum absolute atomic E-state index is 10.7. The molecule has 2 rings (SSSR count). The first-order valence-electron chi connectivity index (χ1n) is 6.12. The van der Waals surface area contributed by atoms with Crippen LogP contribution >= 0.6 is 35.0 Å². The van der Waals surface area contributed by atoms with E-state index in [2.05, 4.69) is 0 Å². The second-order valence-electron chi connectivity index (χ2n) is 4.27. The van der Waals surface area contributed by atoms with Gasteiger partial charge in [0.15, 0.2) is 0 Å². The molecule has 110 valence electrons. The van der Waals surface area contributed by atoms with Crippen LogP contribution in [0.15, 0.2) is 42.5 Å². The second kappa shape index (κ2) is 7.59. The van der Waals surface area contributed by atoms with Gasteiger partial charge in [-0.2, -0.15) is 0 Å². The van der Waals surface area contributed by atoms with E-state index in [0.717, 1.165) is 5.56 Å². The van der Waals surface area contributed by atoms with Gasteiger partial charge in [0.05, 0.1) is 5.75 Å². The molecule has 0 aliphatic rings. The maximum Gasteiger partial charge on any atom is 0.227 e. The molecule has 0 fully saturated rings. The Morgan fingerprint density at radius 2 is 1.76 bits per heavy atom. The van der Waals surface area contributed by atoms with E-state index in [1.807, 2.05) is 12.1 Å². The summed E-state index contributed by atoms with van der Waals surface area (Å²) in [5, 5.41) is 1.25. The van der Waals surface area contributed by atoms with Crippen molar-refractivity contribution in [3.8, 4) is 11.5 Å². The molecule has 2 aromatic carbocycles. The topological polar surface area (TPSA) is 52.3 Å². The van der Waals surface area contributed by atoms with Crippen LogP contribution in [-0.2, 0) is 10.5 Å². The summed E-state index contributed by atoms with van der Waals surface area (Å²) in [6, 6.07) is 12.5. The maximum atomic E-state index is 10.7. The van der Waals surface area contributed by atoms with Crippen molar-refractivity contribution in [2.45, 2.75) is 5.75 Å². The molecule has 0 unspecified atom stereocenters. The molecule has 2 N–H and O–H groups in total. The van der Waals surface area contributed by atoms with Gasteiger partial charge in [0.25, 0.3) is 0 Å². The Hall–Kier alpha value is -1.36. The third-order valence-electron chi connectivity index (χ3n) is 2.58. The van der Waals surface area contributed by atoms with Gasteiger partial charge in [0.1, 0.15) is 11.5 Å². The van der Waals surface area contributed by atoms with Gasteiger partial charge in [-0.1, -0.05) is 29.3 Å². The fraction of sp³-hybridized carbons (Fsp3) is 0.133. The fourth-order valence-corrected chi connectivity index (χ4v) is 2.83. The van der Waals surface area contributed by atoms with Crippen LogP contribution in [-0.4, -0.2) is 11.7 Å². The van der Waals surface area contributed by atoms with E-state index in [4.69, 9.17) is 33.7 Å². The number of carbonyl (C=O) groups is 1. The van der Waals surface area contributed by atoms with E-state index >= 15 is 0 Å². The number of hydrogen-bond acceptors (Lipinski definition) is 3. The Kier molecular flexibility index (Phi) is 5.79. The van der Waals surface area contributed by atoms with Crippen molar-refractivity contribution in [1.82, 2.24) is 0 Å². The normalized spacial score (nSPS) is 10.4. The molecule has 0 heterocycles. The minimum absolute atomic E-state index is 0.277. The Morgan fingerprint density at radius 1 is 1.10 bits per heavy atom. The lowest BCUT2D eigenvalue weighted by Gasteiger charge is -2.09. The van der Waals surface area contributed by atoms with Gasteiger partial charge in [-0.25, -0.2) is 0 Å². The van der Waals surface area contributed by atoms with Crippen molar-refractivity contribution >= 4 is 40.9 Å². The first-order chi connectivity index (χ1) is 10.0. The van der Waals surface area contributed by atoms with Crippen molar-refractivity contribution in [3.63, 3.8) is 0 Å². The van der Waals surface area contributed by atoms with Crippen molar-refractivity contribution < 1.29 is 9.53 Å². The molecule has 21 heavy (non-hydrogen) atoms. The van der Waals surface area contributed by atoms with E-state index in [1.54, 1.807) is 30.3 Å². The molecule has 2 aromatic rings. The Morgan fingerprint density at radius 3 is 2.38 bits per heavy atom. The van der Waals surface area contributed by atoms with Gasteiger partial charge in [0, 0.05) is 15.8 Å². The lowest BCUT2D eigenvalue weighted by atomic mass is 10.2. The number of primary amides is 1. The highest BCUT2D eigenvalue weighted by molar-refractivity contribution is 7.99. The van der Waals surface area contributed by atoms with E-state index in [1.165, 1.54) is 11.8 Å². The highest BCUT2D eigenvalue weighted by Crippen LogP contribution is 2.29. The summed E-state index contributed by atoms with van der Waals surface area (Å²) in [7, 11) is 0. The summed E-state index contributed by atoms with van der Waals surface area (Å²) in [5.74, 6) is 1.90. The zero-order valence-corrected chi connectivity index (χ0v) is 13.3. The van der Waals surface area contributed by atoms with Crippen LogP contribution < -0.4 is 10.5 Å². The lowest BCUT2D eigenvalue weighted by Crippen LogP contribution is -2.13. The predicted molar refractivity (Wildman–Crippen MR) is 88.3 cm³/mol. The van der Waals surface area contributed by atoms with Crippen molar-refractivity contribution in [2.75, 3.05) is 5.75 Å². The highest BCUT2D eigenvalue weighted by Gasteiger charge is 2.05. The summed E-state index contributed by atoms with van der Waals surface area (Å²) in [6.07, 6.45) is 0. The second-order valence-corrected chi connectivity index (χ2v) is 6.10. The van der Waals surface area contributed by atoms with Gasteiger partial charge >= 0.3 is 0 Å². The zero-order valence-electron chi connectivity index (χ0n) is 11.0. The van der Waals surface area contributed by atoms with Gasteiger partial charge in [-0.3, -0.25) is 4.79 Å². The van der Waals surface area contributed by atoms with Crippen molar-refractivity contribution in [2.24, 2.45) is 5.73 Å². The van der Waals surface area contributed by atoms with Gasteiger partial charge < -0.3 is 10.5 Å². The number of carbonyl (C=O) groups excluding carboxylic acids is 1. The summed E-state index contributed by atoms with van der Waals surface area (Å²) in [4.78, 5) is 10.7. The molecule has 0 saturated heterocycles. The highest BCUT2D eigenvalue weighted by atomic mass is 35.5. The molecule has 0 aromatic heterocycles. The van der Waals surface area contributed by atoms with Crippen LogP contribution in [0.5, 0.6) is 11.5 Å². The fourth-order valence-electron chi connectivity index (χ4n) is 1.61. The number of thioether (sulfide) groups is 1. The van der Waals surface area contributed by atoms with Crippen molar-refractivity contribution in [3.05, 3.63) is 58.1 Å². The molecule has 0 aliphatic heterocycles. The van der Waals surface area contributed by atoms with Crippen molar-refractivity contribution in [1.29, 1.82) is 0 Å². The third kappa shape index (κ3) is 5.16. The molecular weight excluding hydrogens is 329 g/mol. The van der Waals surface area contributed by atoms with Crippen LogP contribution in [0.4, 0.5) is 0 Å². The average molecular weight is 342 g/mol. The molecule has 0 aliphatic carbocycles. The molecule has 0 atom stereocenters. The minimum Gasteiger partial charge on any atom is -0.457 e. The smallest absolute Gasteiger partial charge is 0.227 e. The Balaban J connectivity index is 2.01. The predicted octanol–water partition coefficient (Wildman–Crippen LogP) is 4.50. The zero-order chi connectivity index (χ0) is 15.2. The minimum atomic E-state index is -0.334. The van der Waals surface area contributed by atoms with E-state index in [0.29, 0.717) is 27.3 Å². The lowest BCUT2D eigenvalue weighted by molar-refractivity contribution is -0.115. The van der Waals surface area contributed by atoms with Crippen LogP contribution in [0.3, 0.4) is 0 Å². The van der Waals surface area contributed by atoms with Crippen LogP contribution in [0.1, 0.15) is 5.56 Å². The largest absolute Gasteiger partial charge is 0.457 e. The number of amides is 1. The number of benzene rings is 2. The number of rotatable bonds is 6. The van der Waals surface area contributed by atoms with E-state index in [9.17, 15) is 4.79 Å². The van der Waals surface area contributed by atoms with Gasteiger partial charge in [-0.15, -0.1) is 11.8 Å². The number of nitrogens with two attached hydrogens (primary N) is 1. The first-order valence-corrected chi connectivity index (χ1v) is 8.03. The SMILES string of the molecule is NC(=O)CSCc1ccc(Oc2ccc(Cl)cc2)cc1Cl. The van der Waals surface area contributed by atoms with Crippen LogP contribution in [0.2, 0.25) is 10.0 Å². The first kappa shape index (κ1) is 16.0. The summed E-state index contributed by atoms with van der Waals surface area (Å²) in [6.45, 7) is 0. The quantitative estimate of drug-likeness (QED) is 0.841. The number of hydrogen-bond donors (Lipinski definition) is 1. The molecule has 6 heteroatoms. The number of halogens is 2. The standard InChI is InChI=1S/C15H13Cl2NO2S/c16-11-2-5-12(6-3-11)20-13-4-1-10(14(17)7-13)8-21-9-15(18)19/h1-7H,8-9H2,(H2,18,19).